The Balaban J connectivity index is 1.04. The topological polar surface area (TPSA) is 36.0 Å². The number of hydrogen-bond acceptors (Lipinski definition) is 5. The molecular weight excluding hydrogens is 842 g/mol. The van der Waals surface area contributed by atoms with Gasteiger partial charge in [0.2, 0.25) is 0 Å². The second-order valence-corrected chi connectivity index (χ2v) is 20.4. The van der Waals surface area contributed by atoms with E-state index < -0.39 is 0 Å². The van der Waals surface area contributed by atoms with Gasteiger partial charge in [-0.05, 0) is 144 Å². The van der Waals surface area contributed by atoms with Crippen molar-refractivity contribution < 1.29 is 8.83 Å². The average molecular weight is 890 g/mol. The molecule has 4 aliphatic rings. The lowest BCUT2D eigenvalue weighted by molar-refractivity contribution is 0.195. The molecule has 0 saturated heterocycles. The maximum Gasteiger partial charge on any atom is 0.252 e. The third-order valence-electron chi connectivity index (χ3n) is 16.8. The molecule has 69 heavy (non-hydrogen) atoms. The van der Waals surface area contributed by atoms with Gasteiger partial charge in [0.1, 0.15) is 22.3 Å². The zero-order valence-electron chi connectivity index (χ0n) is 39.0. The molecule has 0 spiro atoms. The predicted molar refractivity (Wildman–Crippen MR) is 288 cm³/mol. The monoisotopic (exact) mass is 889 g/mol. The van der Waals surface area contributed by atoms with Gasteiger partial charge in [-0.25, -0.2) is 0 Å². The van der Waals surface area contributed by atoms with Crippen LogP contribution in [0.1, 0.15) is 50.7 Å². The highest BCUT2D eigenvalue weighted by Crippen LogP contribution is 2.61. The molecule has 0 amide bonds. The van der Waals surface area contributed by atoms with E-state index in [2.05, 4.69) is 224 Å². The van der Waals surface area contributed by atoms with Crippen molar-refractivity contribution in [2.24, 2.45) is 0 Å². The third-order valence-corrected chi connectivity index (χ3v) is 16.8. The minimum absolute atomic E-state index is 0.0339. The van der Waals surface area contributed by atoms with Gasteiger partial charge in [-0.3, -0.25) is 0 Å². The molecule has 5 heterocycles. The smallest absolute Gasteiger partial charge is 0.252 e. The van der Waals surface area contributed by atoms with E-state index in [4.69, 9.17) is 8.83 Å². The van der Waals surface area contributed by atoms with E-state index in [9.17, 15) is 0 Å². The summed E-state index contributed by atoms with van der Waals surface area (Å²) in [6.07, 6.45) is 4.80. The maximum atomic E-state index is 6.59. The molecule has 15 rings (SSSR count). The quantitative estimate of drug-likeness (QED) is 0.165. The first kappa shape index (κ1) is 39.1. The summed E-state index contributed by atoms with van der Waals surface area (Å²) in [5.74, 6) is 0. The fourth-order valence-electron chi connectivity index (χ4n) is 13.5. The van der Waals surface area contributed by atoms with Crippen LogP contribution in [0.4, 0.5) is 45.5 Å². The van der Waals surface area contributed by atoms with Gasteiger partial charge in [-0.15, -0.1) is 0 Å². The lowest BCUT2D eigenvalue weighted by Gasteiger charge is -2.50. The maximum absolute atomic E-state index is 6.59. The summed E-state index contributed by atoms with van der Waals surface area (Å²) in [6.45, 7) is 7.26. The lowest BCUT2D eigenvalue weighted by atomic mass is 9.33. The summed E-state index contributed by atoms with van der Waals surface area (Å²) in [7, 11) is 0. The number of benzene rings is 9. The van der Waals surface area contributed by atoms with E-state index in [-0.39, 0.29) is 17.7 Å². The van der Waals surface area contributed by atoms with Crippen LogP contribution >= 0.6 is 0 Å². The van der Waals surface area contributed by atoms with Crippen molar-refractivity contribution in [3.8, 4) is 11.1 Å². The highest BCUT2D eigenvalue weighted by molar-refractivity contribution is 7.00. The number of fused-ring (bicyclic) bond motifs is 13. The van der Waals surface area contributed by atoms with Crippen LogP contribution in [-0.4, -0.2) is 12.3 Å². The Hall–Kier alpha value is -7.96. The fourth-order valence-corrected chi connectivity index (χ4v) is 13.5. The van der Waals surface area contributed by atoms with Crippen LogP contribution in [0.5, 0.6) is 0 Å². The van der Waals surface area contributed by atoms with Crippen molar-refractivity contribution in [2.75, 3.05) is 14.7 Å². The van der Waals surface area contributed by atoms with E-state index in [1.807, 2.05) is 0 Å². The Bertz CT molecular complexity index is 3960. The molecule has 2 aromatic heterocycles. The van der Waals surface area contributed by atoms with Gasteiger partial charge >= 0.3 is 0 Å². The summed E-state index contributed by atoms with van der Waals surface area (Å²) in [5, 5.41) is 4.46. The summed E-state index contributed by atoms with van der Waals surface area (Å²) in [4.78, 5) is 7.83. The summed E-state index contributed by atoms with van der Waals surface area (Å²) < 4.78 is 13.1. The van der Waals surface area contributed by atoms with Gasteiger partial charge in [0.25, 0.3) is 6.71 Å². The molecule has 330 valence electrons. The molecule has 1 aliphatic carbocycles. The highest BCUT2D eigenvalue weighted by Gasteiger charge is 2.57. The van der Waals surface area contributed by atoms with Gasteiger partial charge in [-0.1, -0.05) is 129 Å². The second-order valence-electron chi connectivity index (χ2n) is 20.4. The van der Waals surface area contributed by atoms with Crippen molar-refractivity contribution in [2.45, 2.75) is 57.4 Å². The molecule has 2 unspecified atom stereocenters. The Kier molecular flexibility index (Phi) is 7.96. The zero-order valence-corrected chi connectivity index (χ0v) is 39.0. The lowest BCUT2D eigenvalue weighted by Crippen LogP contribution is -2.61. The second kappa shape index (κ2) is 14.1. The Morgan fingerprint density at radius 1 is 0.449 bits per heavy atom. The first-order valence-corrected chi connectivity index (χ1v) is 24.7. The number of hydrogen-bond donors (Lipinski definition) is 0. The minimum atomic E-state index is -0.0836. The zero-order chi connectivity index (χ0) is 45.8. The van der Waals surface area contributed by atoms with E-state index in [0.29, 0.717) is 0 Å². The molecule has 1 fully saturated rings. The molecule has 3 aliphatic heterocycles. The van der Waals surface area contributed by atoms with Gasteiger partial charge in [0.15, 0.2) is 0 Å². The van der Waals surface area contributed by atoms with Crippen LogP contribution in [0.2, 0.25) is 0 Å². The van der Waals surface area contributed by atoms with Crippen LogP contribution in [0.3, 0.4) is 0 Å². The normalized spacial score (nSPS) is 19.0. The van der Waals surface area contributed by atoms with Crippen molar-refractivity contribution in [3.05, 3.63) is 199 Å². The predicted octanol–water partition coefficient (Wildman–Crippen LogP) is 15.3. The molecule has 0 N–H and O–H groups in total. The van der Waals surface area contributed by atoms with Crippen LogP contribution in [0, 0.1) is 6.92 Å². The molecule has 6 heteroatoms. The Morgan fingerprint density at radius 2 is 1.13 bits per heavy atom. The summed E-state index contributed by atoms with van der Waals surface area (Å²) in [6, 6.07) is 69.8. The molecule has 9 aromatic carbocycles. The van der Waals surface area contributed by atoms with E-state index in [1.54, 1.807) is 0 Å². The van der Waals surface area contributed by atoms with Crippen LogP contribution < -0.4 is 31.1 Å². The Morgan fingerprint density at radius 3 is 2.00 bits per heavy atom. The standard InChI is InChI=1S/C63H48BN3O2/c1-39-34-54-61-55(35-39)66(52-22-15-25-59-60(52)45-19-8-12-24-57(45)69-59)51-30-26-41(40-16-5-4-6-17-40)36-49(51)64(61)48-29-27-43(67-50-21-10-9-20-47(50)62(2)32-13-14-33-63(62,67)3)38-53(48)65(54)42-28-31-58-46(37-42)44-18-7-11-23-56(44)68-58/h4-12,15-31,34-38H,13-14,32-33H2,1-3H3. The van der Waals surface area contributed by atoms with Gasteiger partial charge < -0.3 is 23.5 Å². The van der Waals surface area contributed by atoms with Gasteiger partial charge in [0.05, 0.1) is 16.6 Å². The number of nitrogens with zero attached hydrogens (tertiary/aromatic N) is 3. The van der Waals surface area contributed by atoms with Crippen LogP contribution in [-0.2, 0) is 5.41 Å². The van der Waals surface area contributed by atoms with Crippen molar-refractivity contribution in [1.29, 1.82) is 0 Å². The Labute approximate surface area is 401 Å². The highest BCUT2D eigenvalue weighted by atomic mass is 16.3. The molecule has 1 saturated carbocycles. The van der Waals surface area contributed by atoms with E-state index in [0.717, 1.165) is 61.7 Å². The first-order valence-electron chi connectivity index (χ1n) is 24.7. The summed E-state index contributed by atoms with van der Waals surface area (Å²) >= 11 is 0. The van der Waals surface area contributed by atoms with E-state index >= 15 is 0 Å². The summed E-state index contributed by atoms with van der Waals surface area (Å²) in [5.41, 5.74) is 22.0. The fraction of sp³-hybridized carbons (Fsp3) is 0.143. The first-order chi connectivity index (χ1) is 33.9. The van der Waals surface area contributed by atoms with Crippen molar-refractivity contribution >= 4 is 112 Å². The molecule has 11 aromatic rings. The molecule has 0 radical (unpaired) electrons. The molecule has 5 nitrogen and oxygen atoms in total. The molecular formula is C63H48BN3O2. The van der Waals surface area contributed by atoms with E-state index in [1.165, 1.54) is 92.0 Å². The number of para-hydroxylation sites is 3. The van der Waals surface area contributed by atoms with Crippen molar-refractivity contribution in [1.82, 2.24) is 0 Å². The number of anilines is 8. The number of rotatable bonds is 4. The molecule has 2 atom stereocenters. The van der Waals surface area contributed by atoms with Gasteiger partial charge in [0, 0.05) is 61.4 Å². The minimum Gasteiger partial charge on any atom is -0.456 e. The van der Waals surface area contributed by atoms with Crippen molar-refractivity contribution in [3.63, 3.8) is 0 Å². The average Bonchev–Trinajstić information content (AvgIpc) is 4.02. The number of furan rings is 2. The SMILES string of the molecule is Cc1cc2c3c(c1)N(c1cccc4oc5ccccc5c14)c1ccc(-c4ccccc4)cc1B3c1ccc(N3c4ccccc4C4(C)CCCCC34C)cc1N2c1ccc2oc3ccccc3c2c1. The molecule has 0 bridgehead atoms. The van der Waals surface area contributed by atoms with Crippen LogP contribution in [0.15, 0.2) is 197 Å². The third kappa shape index (κ3) is 5.26. The number of aryl methyl sites for hydroxylation is 1. The van der Waals surface area contributed by atoms with Gasteiger partial charge in [-0.2, -0.15) is 0 Å². The van der Waals surface area contributed by atoms with Crippen LogP contribution in [0.25, 0.3) is 55.0 Å². The largest absolute Gasteiger partial charge is 0.456 e.